The van der Waals surface area contributed by atoms with Gasteiger partial charge in [-0.3, -0.25) is 4.90 Å². The Bertz CT molecular complexity index is 369. The molecule has 2 rings (SSSR count). The van der Waals surface area contributed by atoms with Crippen LogP contribution in [0.4, 0.5) is 5.95 Å². The molecule has 94 valence electrons. The van der Waals surface area contributed by atoms with Crippen molar-refractivity contribution in [3.8, 4) is 0 Å². The zero-order valence-corrected chi connectivity index (χ0v) is 10.8. The van der Waals surface area contributed by atoms with E-state index in [1.165, 1.54) is 0 Å². The Labute approximate surface area is 103 Å². The molecule has 2 atom stereocenters. The highest BCUT2D eigenvalue weighted by atomic mass is 15.3. The lowest BCUT2D eigenvalue weighted by molar-refractivity contribution is 0.169. The van der Waals surface area contributed by atoms with E-state index in [1.54, 1.807) is 6.20 Å². The third-order valence-electron chi connectivity index (χ3n) is 3.55. The SMILES string of the molecule is CC1CN(c2nccc(CN)n2)CC(C)N1C. The van der Waals surface area contributed by atoms with Crippen LogP contribution in [0.1, 0.15) is 19.5 Å². The average molecular weight is 235 g/mol. The summed E-state index contributed by atoms with van der Waals surface area (Å²) in [7, 11) is 2.17. The number of piperazine rings is 1. The Kier molecular flexibility index (Phi) is 3.59. The quantitative estimate of drug-likeness (QED) is 0.807. The van der Waals surface area contributed by atoms with Gasteiger partial charge in [0.15, 0.2) is 0 Å². The molecular weight excluding hydrogens is 214 g/mol. The summed E-state index contributed by atoms with van der Waals surface area (Å²) >= 11 is 0. The molecule has 2 heterocycles. The molecule has 1 saturated heterocycles. The summed E-state index contributed by atoms with van der Waals surface area (Å²) in [4.78, 5) is 13.5. The van der Waals surface area contributed by atoms with E-state index < -0.39 is 0 Å². The van der Waals surface area contributed by atoms with E-state index in [-0.39, 0.29) is 0 Å². The third-order valence-corrected chi connectivity index (χ3v) is 3.55. The number of aromatic nitrogens is 2. The zero-order valence-electron chi connectivity index (χ0n) is 10.8. The fourth-order valence-corrected chi connectivity index (χ4v) is 2.22. The minimum Gasteiger partial charge on any atom is -0.338 e. The summed E-state index contributed by atoms with van der Waals surface area (Å²) in [6.45, 7) is 6.86. The van der Waals surface area contributed by atoms with Gasteiger partial charge in [0.25, 0.3) is 0 Å². The lowest BCUT2D eigenvalue weighted by atomic mass is 10.1. The van der Waals surface area contributed by atoms with Crippen LogP contribution in [-0.2, 0) is 6.54 Å². The first-order valence-electron chi connectivity index (χ1n) is 6.10. The Hall–Kier alpha value is -1.20. The summed E-state index contributed by atoms with van der Waals surface area (Å²) in [5.41, 5.74) is 6.51. The van der Waals surface area contributed by atoms with Crippen LogP contribution < -0.4 is 10.6 Å². The van der Waals surface area contributed by atoms with Crippen molar-refractivity contribution < 1.29 is 0 Å². The Morgan fingerprint density at radius 3 is 2.59 bits per heavy atom. The molecular formula is C12H21N5. The molecule has 17 heavy (non-hydrogen) atoms. The van der Waals surface area contributed by atoms with E-state index in [9.17, 15) is 0 Å². The molecule has 1 aromatic heterocycles. The predicted octanol–water partition coefficient (Wildman–Crippen LogP) is 0.464. The first-order chi connectivity index (χ1) is 8.11. The van der Waals surface area contributed by atoms with Crippen LogP contribution in [0.5, 0.6) is 0 Å². The lowest BCUT2D eigenvalue weighted by Crippen LogP contribution is -2.55. The molecule has 5 heteroatoms. The van der Waals surface area contributed by atoms with Gasteiger partial charge in [0.2, 0.25) is 5.95 Å². The number of anilines is 1. The van der Waals surface area contributed by atoms with Gasteiger partial charge in [0, 0.05) is 37.9 Å². The highest BCUT2D eigenvalue weighted by Crippen LogP contribution is 2.17. The van der Waals surface area contributed by atoms with Crippen molar-refractivity contribution in [3.63, 3.8) is 0 Å². The van der Waals surface area contributed by atoms with Crippen molar-refractivity contribution in [3.05, 3.63) is 18.0 Å². The van der Waals surface area contributed by atoms with Gasteiger partial charge in [-0.2, -0.15) is 0 Å². The normalized spacial score (nSPS) is 26.2. The molecule has 0 spiro atoms. The number of hydrogen-bond acceptors (Lipinski definition) is 5. The summed E-state index contributed by atoms with van der Waals surface area (Å²) < 4.78 is 0. The Morgan fingerprint density at radius 2 is 2.00 bits per heavy atom. The monoisotopic (exact) mass is 235 g/mol. The molecule has 1 aromatic rings. The molecule has 0 amide bonds. The molecule has 0 aliphatic carbocycles. The molecule has 0 aromatic carbocycles. The van der Waals surface area contributed by atoms with Crippen LogP contribution in [0.2, 0.25) is 0 Å². The van der Waals surface area contributed by atoms with Crippen molar-refractivity contribution in [2.45, 2.75) is 32.5 Å². The molecule has 1 fully saturated rings. The topological polar surface area (TPSA) is 58.3 Å². The maximum absolute atomic E-state index is 5.61. The molecule has 1 aliphatic heterocycles. The molecule has 0 bridgehead atoms. The Balaban J connectivity index is 2.16. The summed E-state index contributed by atoms with van der Waals surface area (Å²) in [5.74, 6) is 0.805. The second-order valence-electron chi connectivity index (χ2n) is 4.82. The van der Waals surface area contributed by atoms with E-state index in [0.29, 0.717) is 18.6 Å². The van der Waals surface area contributed by atoms with Crippen LogP contribution in [0, 0.1) is 0 Å². The van der Waals surface area contributed by atoms with Gasteiger partial charge in [-0.15, -0.1) is 0 Å². The van der Waals surface area contributed by atoms with Gasteiger partial charge in [-0.25, -0.2) is 9.97 Å². The van der Waals surface area contributed by atoms with Gasteiger partial charge in [-0.1, -0.05) is 0 Å². The van der Waals surface area contributed by atoms with E-state index in [4.69, 9.17) is 5.73 Å². The first-order valence-corrected chi connectivity index (χ1v) is 6.10. The number of nitrogens with zero attached hydrogens (tertiary/aromatic N) is 4. The number of hydrogen-bond donors (Lipinski definition) is 1. The van der Waals surface area contributed by atoms with Crippen LogP contribution in [0.15, 0.2) is 12.3 Å². The molecule has 5 nitrogen and oxygen atoms in total. The molecule has 1 aliphatic rings. The number of nitrogens with two attached hydrogens (primary N) is 1. The smallest absolute Gasteiger partial charge is 0.225 e. The van der Waals surface area contributed by atoms with Crippen molar-refractivity contribution in [2.24, 2.45) is 5.73 Å². The molecule has 2 N–H and O–H groups in total. The predicted molar refractivity (Wildman–Crippen MR) is 68.8 cm³/mol. The largest absolute Gasteiger partial charge is 0.338 e. The molecule has 2 unspecified atom stereocenters. The maximum atomic E-state index is 5.61. The Morgan fingerprint density at radius 1 is 1.35 bits per heavy atom. The number of likely N-dealkylation sites (N-methyl/N-ethyl adjacent to an activating group) is 1. The van der Waals surface area contributed by atoms with E-state index in [1.807, 2.05) is 6.07 Å². The highest BCUT2D eigenvalue weighted by molar-refractivity contribution is 5.32. The standard InChI is InChI=1S/C12H21N5/c1-9-7-17(8-10(2)16(9)3)12-14-5-4-11(6-13)15-12/h4-5,9-10H,6-8,13H2,1-3H3. The van der Waals surface area contributed by atoms with Crippen LogP contribution in [0.3, 0.4) is 0 Å². The van der Waals surface area contributed by atoms with Gasteiger partial charge in [0.1, 0.15) is 0 Å². The third kappa shape index (κ3) is 2.56. The summed E-state index contributed by atoms with van der Waals surface area (Å²) in [5, 5.41) is 0. The fourth-order valence-electron chi connectivity index (χ4n) is 2.22. The van der Waals surface area contributed by atoms with E-state index >= 15 is 0 Å². The first kappa shape index (κ1) is 12.3. The van der Waals surface area contributed by atoms with Crippen molar-refractivity contribution in [1.82, 2.24) is 14.9 Å². The maximum Gasteiger partial charge on any atom is 0.225 e. The van der Waals surface area contributed by atoms with Crippen LogP contribution >= 0.6 is 0 Å². The van der Waals surface area contributed by atoms with Crippen molar-refractivity contribution in [2.75, 3.05) is 25.0 Å². The lowest BCUT2D eigenvalue weighted by Gasteiger charge is -2.42. The second kappa shape index (κ2) is 4.98. The van der Waals surface area contributed by atoms with Gasteiger partial charge >= 0.3 is 0 Å². The second-order valence-corrected chi connectivity index (χ2v) is 4.82. The molecule has 0 saturated carbocycles. The van der Waals surface area contributed by atoms with Crippen LogP contribution in [-0.4, -0.2) is 47.1 Å². The van der Waals surface area contributed by atoms with E-state index in [0.717, 1.165) is 24.7 Å². The fraction of sp³-hybridized carbons (Fsp3) is 0.667. The summed E-state index contributed by atoms with van der Waals surface area (Å²) in [6, 6.07) is 2.90. The van der Waals surface area contributed by atoms with Crippen LogP contribution in [0.25, 0.3) is 0 Å². The zero-order chi connectivity index (χ0) is 12.4. The van der Waals surface area contributed by atoms with Crippen molar-refractivity contribution in [1.29, 1.82) is 0 Å². The average Bonchev–Trinajstić information content (AvgIpc) is 2.35. The van der Waals surface area contributed by atoms with Gasteiger partial charge in [0.05, 0.1) is 5.69 Å². The minimum absolute atomic E-state index is 0.467. The van der Waals surface area contributed by atoms with Crippen molar-refractivity contribution >= 4 is 5.95 Å². The highest BCUT2D eigenvalue weighted by Gasteiger charge is 2.27. The molecule has 0 radical (unpaired) electrons. The van der Waals surface area contributed by atoms with E-state index in [2.05, 4.69) is 40.7 Å². The van der Waals surface area contributed by atoms with Gasteiger partial charge in [-0.05, 0) is 27.0 Å². The minimum atomic E-state index is 0.467. The number of rotatable bonds is 2. The summed E-state index contributed by atoms with van der Waals surface area (Å²) in [6.07, 6.45) is 1.79. The van der Waals surface area contributed by atoms with Gasteiger partial charge < -0.3 is 10.6 Å².